The molecule has 2 rings (SSSR count). The number of nitrogens with two attached hydrogens (primary N) is 1. The van der Waals surface area contributed by atoms with Gasteiger partial charge in [0.25, 0.3) is 0 Å². The molecule has 2 heteroatoms. The molecule has 0 heterocycles. The van der Waals surface area contributed by atoms with Crippen LogP contribution in [0.25, 0.3) is 0 Å². The van der Waals surface area contributed by atoms with Crippen molar-refractivity contribution in [3.63, 3.8) is 0 Å². The third kappa shape index (κ3) is 3.69. The first-order valence-electron chi connectivity index (χ1n) is 7.60. The summed E-state index contributed by atoms with van der Waals surface area (Å²) in [6, 6.07) is 0. The Labute approximate surface area is 107 Å². The van der Waals surface area contributed by atoms with Gasteiger partial charge in [-0.1, -0.05) is 26.7 Å². The van der Waals surface area contributed by atoms with Crippen molar-refractivity contribution < 1.29 is 0 Å². The van der Waals surface area contributed by atoms with Gasteiger partial charge in [0.2, 0.25) is 0 Å². The fourth-order valence-electron chi connectivity index (χ4n) is 3.24. The first-order chi connectivity index (χ1) is 8.15. The molecule has 0 amide bonds. The standard InChI is InChI=1S/C15H30N2/c1-12-4-3-8-15(11-16,9-7-12)17-10-13(2)14-5-6-14/h12-14,17H,3-11,16H2,1-2H3. The van der Waals surface area contributed by atoms with Gasteiger partial charge in [0.1, 0.15) is 0 Å². The van der Waals surface area contributed by atoms with Gasteiger partial charge in [0, 0.05) is 12.1 Å². The summed E-state index contributed by atoms with van der Waals surface area (Å²) >= 11 is 0. The van der Waals surface area contributed by atoms with Crippen molar-refractivity contribution in [2.45, 2.75) is 64.3 Å². The molecule has 0 bridgehead atoms. The van der Waals surface area contributed by atoms with Crippen LogP contribution in [0.15, 0.2) is 0 Å². The van der Waals surface area contributed by atoms with Gasteiger partial charge in [0.15, 0.2) is 0 Å². The van der Waals surface area contributed by atoms with Crippen LogP contribution in [0.3, 0.4) is 0 Å². The van der Waals surface area contributed by atoms with Crippen LogP contribution in [0.4, 0.5) is 0 Å². The topological polar surface area (TPSA) is 38.0 Å². The van der Waals surface area contributed by atoms with Gasteiger partial charge < -0.3 is 11.1 Å². The second-order valence-electron chi connectivity index (χ2n) is 6.72. The van der Waals surface area contributed by atoms with E-state index in [-0.39, 0.29) is 5.54 Å². The molecule has 3 N–H and O–H groups in total. The molecular formula is C15H30N2. The number of rotatable bonds is 5. The molecule has 0 spiro atoms. The quantitative estimate of drug-likeness (QED) is 0.723. The van der Waals surface area contributed by atoms with Crippen LogP contribution in [-0.4, -0.2) is 18.6 Å². The van der Waals surface area contributed by atoms with Gasteiger partial charge >= 0.3 is 0 Å². The summed E-state index contributed by atoms with van der Waals surface area (Å²) in [4.78, 5) is 0. The Bertz CT molecular complexity index is 237. The first-order valence-corrected chi connectivity index (χ1v) is 7.60. The lowest BCUT2D eigenvalue weighted by Crippen LogP contribution is -2.52. The summed E-state index contributed by atoms with van der Waals surface area (Å²) in [5.74, 6) is 2.74. The Balaban J connectivity index is 1.84. The summed E-state index contributed by atoms with van der Waals surface area (Å²) in [5, 5.41) is 3.84. The SMILES string of the molecule is CC1CCCC(CN)(NCC(C)C2CC2)CC1. The zero-order chi connectivity index (χ0) is 12.3. The highest BCUT2D eigenvalue weighted by atomic mass is 15.0. The van der Waals surface area contributed by atoms with Crippen molar-refractivity contribution in [2.75, 3.05) is 13.1 Å². The van der Waals surface area contributed by atoms with Crippen LogP contribution >= 0.6 is 0 Å². The Morgan fingerprint density at radius 2 is 2.00 bits per heavy atom. The van der Waals surface area contributed by atoms with Crippen LogP contribution in [-0.2, 0) is 0 Å². The molecule has 0 radical (unpaired) electrons. The minimum atomic E-state index is 0.258. The Kier molecular flexibility index (Phi) is 4.48. The maximum atomic E-state index is 6.07. The van der Waals surface area contributed by atoms with E-state index < -0.39 is 0 Å². The number of nitrogens with one attached hydrogen (secondary N) is 1. The van der Waals surface area contributed by atoms with E-state index in [9.17, 15) is 0 Å². The summed E-state index contributed by atoms with van der Waals surface area (Å²) in [7, 11) is 0. The fraction of sp³-hybridized carbons (Fsp3) is 1.00. The molecule has 2 aliphatic rings. The number of hydrogen-bond acceptors (Lipinski definition) is 2. The van der Waals surface area contributed by atoms with Crippen LogP contribution in [0.2, 0.25) is 0 Å². The van der Waals surface area contributed by atoms with Gasteiger partial charge in [-0.15, -0.1) is 0 Å². The van der Waals surface area contributed by atoms with Crippen LogP contribution in [0.5, 0.6) is 0 Å². The average Bonchev–Trinajstić information content (AvgIpc) is 3.15. The summed E-state index contributed by atoms with van der Waals surface area (Å²) in [6.45, 7) is 6.78. The van der Waals surface area contributed by atoms with Crippen LogP contribution in [0.1, 0.15) is 58.8 Å². The van der Waals surface area contributed by atoms with Crippen molar-refractivity contribution >= 4 is 0 Å². The van der Waals surface area contributed by atoms with Crippen LogP contribution < -0.4 is 11.1 Å². The maximum Gasteiger partial charge on any atom is 0.0304 e. The summed E-state index contributed by atoms with van der Waals surface area (Å²) in [5.41, 5.74) is 6.33. The molecule has 3 unspecified atom stereocenters. The molecule has 3 atom stereocenters. The van der Waals surface area contributed by atoms with E-state index >= 15 is 0 Å². The zero-order valence-electron chi connectivity index (χ0n) is 11.7. The van der Waals surface area contributed by atoms with Crippen molar-refractivity contribution in [1.82, 2.24) is 5.32 Å². The van der Waals surface area contributed by atoms with Gasteiger partial charge in [-0.2, -0.15) is 0 Å². The first kappa shape index (κ1) is 13.4. The highest BCUT2D eigenvalue weighted by molar-refractivity contribution is 4.93. The lowest BCUT2D eigenvalue weighted by atomic mass is 9.89. The zero-order valence-corrected chi connectivity index (χ0v) is 11.7. The van der Waals surface area contributed by atoms with Crippen molar-refractivity contribution in [3.05, 3.63) is 0 Å². The van der Waals surface area contributed by atoms with Gasteiger partial charge in [-0.3, -0.25) is 0 Å². The number of hydrogen-bond donors (Lipinski definition) is 2. The third-order valence-electron chi connectivity index (χ3n) is 5.08. The third-order valence-corrected chi connectivity index (χ3v) is 5.08. The van der Waals surface area contributed by atoms with Crippen molar-refractivity contribution in [3.8, 4) is 0 Å². The molecule has 2 aliphatic carbocycles. The van der Waals surface area contributed by atoms with E-state index in [0.717, 1.165) is 24.3 Å². The minimum absolute atomic E-state index is 0.258. The largest absolute Gasteiger partial charge is 0.329 e. The van der Waals surface area contributed by atoms with Crippen molar-refractivity contribution in [1.29, 1.82) is 0 Å². The van der Waals surface area contributed by atoms with E-state index in [4.69, 9.17) is 5.73 Å². The minimum Gasteiger partial charge on any atom is -0.329 e. The van der Waals surface area contributed by atoms with Crippen LogP contribution in [0, 0.1) is 17.8 Å². The highest BCUT2D eigenvalue weighted by Crippen LogP contribution is 2.37. The molecule has 0 aromatic heterocycles. The molecule has 100 valence electrons. The second kappa shape index (κ2) is 5.71. The molecule has 0 saturated heterocycles. The lowest BCUT2D eigenvalue weighted by molar-refractivity contribution is 0.267. The Morgan fingerprint density at radius 3 is 2.65 bits per heavy atom. The molecule has 17 heavy (non-hydrogen) atoms. The van der Waals surface area contributed by atoms with E-state index in [1.165, 1.54) is 51.5 Å². The molecule has 0 aromatic carbocycles. The summed E-state index contributed by atoms with van der Waals surface area (Å²) < 4.78 is 0. The van der Waals surface area contributed by atoms with E-state index in [0.29, 0.717) is 0 Å². The smallest absolute Gasteiger partial charge is 0.0304 e. The maximum absolute atomic E-state index is 6.07. The predicted octanol–water partition coefficient (Wildman–Crippen LogP) is 2.92. The van der Waals surface area contributed by atoms with Crippen molar-refractivity contribution in [2.24, 2.45) is 23.5 Å². The fourth-order valence-corrected chi connectivity index (χ4v) is 3.24. The van der Waals surface area contributed by atoms with E-state index in [1.54, 1.807) is 0 Å². The average molecular weight is 238 g/mol. The predicted molar refractivity (Wildman–Crippen MR) is 73.9 cm³/mol. The highest BCUT2D eigenvalue weighted by Gasteiger charge is 2.33. The molecule has 2 nitrogen and oxygen atoms in total. The lowest BCUT2D eigenvalue weighted by Gasteiger charge is -2.34. The molecule has 2 fully saturated rings. The monoisotopic (exact) mass is 238 g/mol. The summed E-state index contributed by atoms with van der Waals surface area (Å²) in [6.07, 6.45) is 9.56. The molecule has 0 aliphatic heterocycles. The second-order valence-corrected chi connectivity index (χ2v) is 6.72. The Hall–Kier alpha value is -0.0800. The van der Waals surface area contributed by atoms with E-state index in [2.05, 4.69) is 19.2 Å². The Morgan fingerprint density at radius 1 is 1.24 bits per heavy atom. The molecule has 0 aromatic rings. The normalized spacial score (nSPS) is 36.5. The van der Waals surface area contributed by atoms with Gasteiger partial charge in [-0.05, 0) is 56.4 Å². The molecule has 2 saturated carbocycles. The molecular weight excluding hydrogens is 208 g/mol. The van der Waals surface area contributed by atoms with Gasteiger partial charge in [0.05, 0.1) is 0 Å². The van der Waals surface area contributed by atoms with E-state index in [1.807, 2.05) is 0 Å². The van der Waals surface area contributed by atoms with Gasteiger partial charge in [-0.25, -0.2) is 0 Å².